The Balaban J connectivity index is 1.13. The summed E-state index contributed by atoms with van der Waals surface area (Å²) in [6, 6.07) is 47.7. The maximum atomic E-state index is 14.1. The van der Waals surface area contributed by atoms with E-state index in [4.69, 9.17) is 42.6 Å². The smallest absolute Gasteiger partial charge is 0.338 e. The van der Waals surface area contributed by atoms with Gasteiger partial charge in [0.2, 0.25) is 0 Å². The van der Waals surface area contributed by atoms with Crippen molar-refractivity contribution in [2.45, 2.75) is 55.1 Å². The molecule has 16 heteroatoms. The SMILES string of the molecule is O=C(OC[C@H]1O[C@@H](OC[C@H]2OC[C@H](OC(=O)c3ccccc3)[C@@H](OC(=O)c3ccccc3)[C@@H]2O)[C@H](OC(=O)c2ccccc2)[C@@H](OC(=O)c2ccccc2)[C@@H]1OC(=O)c1ccccc1)c1ccccc1. The molecule has 6 aromatic rings. The number of rotatable bonds is 16. The van der Waals surface area contributed by atoms with Gasteiger partial charge in [-0.3, -0.25) is 0 Å². The molecule has 0 radical (unpaired) electrons. The molecule has 70 heavy (non-hydrogen) atoms. The van der Waals surface area contributed by atoms with Gasteiger partial charge in [0.15, 0.2) is 36.8 Å². The fraction of sp³-hybridized carbons (Fsp3) is 0.222. The molecule has 0 unspecified atom stereocenters. The molecule has 2 saturated heterocycles. The summed E-state index contributed by atoms with van der Waals surface area (Å²) in [5.41, 5.74) is 0.794. The molecule has 16 nitrogen and oxygen atoms in total. The Kier molecular flexibility index (Phi) is 16.1. The van der Waals surface area contributed by atoms with Crippen LogP contribution in [0.5, 0.6) is 0 Å². The zero-order valence-corrected chi connectivity index (χ0v) is 37.2. The van der Waals surface area contributed by atoms with E-state index in [9.17, 15) is 33.9 Å². The molecule has 0 bridgehead atoms. The van der Waals surface area contributed by atoms with Crippen LogP contribution in [0.1, 0.15) is 62.1 Å². The fourth-order valence-corrected chi connectivity index (χ4v) is 7.63. The third kappa shape index (κ3) is 12.2. The summed E-state index contributed by atoms with van der Waals surface area (Å²) >= 11 is 0. The molecule has 358 valence electrons. The van der Waals surface area contributed by atoms with Crippen LogP contribution < -0.4 is 0 Å². The lowest BCUT2D eigenvalue weighted by molar-refractivity contribution is -0.308. The molecular weight excluding hydrogens is 905 g/mol. The summed E-state index contributed by atoms with van der Waals surface area (Å²) in [4.78, 5) is 82.1. The minimum atomic E-state index is -1.75. The first-order chi connectivity index (χ1) is 34.1. The lowest BCUT2D eigenvalue weighted by Crippen LogP contribution is -2.64. The number of hydrogen-bond donors (Lipinski definition) is 1. The van der Waals surface area contributed by atoms with Gasteiger partial charge < -0.3 is 47.7 Å². The van der Waals surface area contributed by atoms with Crippen molar-refractivity contribution in [1.29, 1.82) is 0 Å². The van der Waals surface area contributed by atoms with Crippen LogP contribution >= 0.6 is 0 Å². The third-order valence-electron chi connectivity index (χ3n) is 11.2. The van der Waals surface area contributed by atoms with E-state index in [1.54, 1.807) is 109 Å². The average Bonchev–Trinajstić information content (AvgIpc) is 3.41. The standard InChI is InChI=1S/C54H46O16/c55-43-40(62-32-41(65-49(57)35-21-9-2-10-22-35)44(43)67-50(58)36-23-11-3-12-24-36)31-64-54-47(70-53(61)39-29-17-6-18-30-39)46(69-52(60)38-27-15-5-16-28-38)45(68-51(59)37-25-13-4-14-26-37)42(66-54)33-63-48(56)34-19-7-1-8-20-34/h1-30,40-47,54-55H,31-33H2/t40-,41+,42-,43-,44-,45-,46+,47-,54-/m1/s1. The molecular formula is C54H46O16. The van der Waals surface area contributed by atoms with E-state index in [0.29, 0.717) is 0 Å². The third-order valence-corrected chi connectivity index (χ3v) is 11.2. The summed E-state index contributed by atoms with van der Waals surface area (Å²) < 4.78 is 54.4. The lowest BCUT2D eigenvalue weighted by atomic mass is 9.97. The molecule has 0 aliphatic carbocycles. The summed E-state index contributed by atoms with van der Waals surface area (Å²) in [5.74, 6) is -5.11. The highest BCUT2D eigenvalue weighted by Gasteiger charge is 2.54. The zero-order chi connectivity index (χ0) is 48.8. The Hall–Kier alpha value is -8.02. The minimum absolute atomic E-state index is 0.0799. The Bertz CT molecular complexity index is 2690. The quantitative estimate of drug-likeness (QED) is 0.0815. The normalized spacial score (nSPS) is 22.8. The number of ether oxygens (including phenoxy) is 9. The first-order valence-electron chi connectivity index (χ1n) is 22.2. The Morgan fingerprint density at radius 3 is 1.16 bits per heavy atom. The highest BCUT2D eigenvalue weighted by Crippen LogP contribution is 2.33. The number of carbonyl (C=O) groups is 6. The second-order valence-corrected chi connectivity index (χ2v) is 16.0. The summed E-state index contributed by atoms with van der Waals surface area (Å²) in [6.07, 6.45) is -14.2. The van der Waals surface area contributed by atoms with Crippen molar-refractivity contribution in [3.8, 4) is 0 Å². The number of hydrogen-bond acceptors (Lipinski definition) is 16. The van der Waals surface area contributed by atoms with Crippen LogP contribution in [-0.2, 0) is 42.6 Å². The van der Waals surface area contributed by atoms with Crippen LogP contribution in [0.25, 0.3) is 0 Å². The van der Waals surface area contributed by atoms with E-state index in [1.165, 1.54) is 72.8 Å². The minimum Gasteiger partial charge on any atom is -0.459 e. The Labute approximate surface area is 401 Å². The van der Waals surface area contributed by atoms with Crippen molar-refractivity contribution in [3.05, 3.63) is 215 Å². The Morgan fingerprint density at radius 2 is 0.743 bits per heavy atom. The van der Waals surface area contributed by atoms with Crippen LogP contribution in [0.15, 0.2) is 182 Å². The van der Waals surface area contributed by atoms with E-state index < -0.39 is 104 Å². The molecule has 9 atom stereocenters. The second-order valence-electron chi connectivity index (χ2n) is 16.0. The largest absolute Gasteiger partial charge is 0.459 e. The molecule has 0 amide bonds. The van der Waals surface area contributed by atoms with Crippen LogP contribution in [0.4, 0.5) is 0 Å². The van der Waals surface area contributed by atoms with Crippen molar-refractivity contribution < 1.29 is 76.5 Å². The maximum Gasteiger partial charge on any atom is 0.338 e. The highest BCUT2D eigenvalue weighted by molar-refractivity contribution is 5.92. The molecule has 2 fully saturated rings. The Morgan fingerprint density at radius 1 is 0.400 bits per heavy atom. The lowest BCUT2D eigenvalue weighted by Gasteiger charge is -2.45. The van der Waals surface area contributed by atoms with Crippen molar-refractivity contribution >= 4 is 35.8 Å². The molecule has 0 saturated carbocycles. The van der Waals surface area contributed by atoms with Crippen molar-refractivity contribution in [2.24, 2.45) is 0 Å². The molecule has 2 aliphatic heterocycles. The predicted molar refractivity (Wildman–Crippen MR) is 245 cm³/mol. The number of esters is 6. The van der Waals surface area contributed by atoms with Crippen molar-refractivity contribution in [2.75, 3.05) is 19.8 Å². The van der Waals surface area contributed by atoms with Crippen molar-refractivity contribution in [3.63, 3.8) is 0 Å². The first kappa shape index (κ1) is 48.4. The van der Waals surface area contributed by atoms with E-state index in [1.807, 2.05) is 0 Å². The molecule has 0 aromatic heterocycles. The molecule has 6 aromatic carbocycles. The van der Waals surface area contributed by atoms with Gasteiger partial charge in [-0.15, -0.1) is 0 Å². The number of benzene rings is 6. The second kappa shape index (κ2) is 23.3. The van der Waals surface area contributed by atoms with E-state index >= 15 is 0 Å². The number of aliphatic hydroxyl groups excluding tert-OH is 1. The van der Waals surface area contributed by atoms with Gasteiger partial charge in [-0.1, -0.05) is 109 Å². The van der Waals surface area contributed by atoms with Crippen molar-refractivity contribution in [1.82, 2.24) is 0 Å². The molecule has 1 N–H and O–H groups in total. The van der Waals surface area contributed by atoms with Gasteiger partial charge in [0, 0.05) is 0 Å². The first-order valence-corrected chi connectivity index (χ1v) is 22.2. The summed E-state index contributed by atoms with van der Waals surface area (Å²) in [7, 11) is 0. The van der Waals surface area contributed by atoms with Gasteiger partial charge in [-0.25, -0.2) is 28.8 Å². The van der Waals surface area contributed by atoms with Gasteiger partial charge in [-0.05, 0) is 72.8 Å². The average molecular weight is 951 g/mol. The molecule has 0 spiro atoms. The van der Waals surface area contributed by atoms with E-state index in [2.05, 4.69) is 0 Å². The van der Waals surface area contributed by atoms with Crippen LogP contribution in [0.2, 0.25) is 0 Å². The summed E-state index contributed by atoms with van der Waals surface area (Å²) in [5, 5.41) is 11.9. The van der Waals surface area contributed by atoms with Gasteiger partial charge in [0.05, 0.1) is 46.6 Å². The van der Waals surface area contributed by atoms with Crippen LogP contribution in [0, 0.1) is 0 Å². The van der Waals surface area contributed by atoms with E-state index in [0.717, 1.165) is 0 Å². The van der Waals surface area contributed by atoms with E-state index in [-0.39, 0.29) is 40.0 Å². The van der Waals surface area contributed by atoms with Gasteiger partial charge in [0.1, 0.15) is 24.9 Å². The number of carbonyl (C=O) groups excluding carboxylic acids is 6. The number of aliphatic hydroxyl groups is 1. The van der Waals surface area contributed by atoms with Crippen LogP contribution in [0.3, 0.4) is 0 Å². The zero-order valence-electron chi connectivity index (χ0n) is 37.2. The topological polar surface area (TPSA) is 206 Å². The molecule has 8 rings (SSSR count). The monoisotopic (exact) mass is 950 g/mol. The maximum absolute atomic E-state index is 14.1. The van der Waals surface area contributed by atoms with Gasteiger partial charge in [0.25, 0.3) is 0 Å². The fourth-order valence-electron chi connectivity index (χ4n) is 7.63. The van der Waals surface area contributed by atoms with Gasteiger partial charge in [-0.2, -0.15) is 0 Å². The van der Waals surface area contributed by atoms with Gasteiger partial charge >= 0.3 is 35.8 Å². The van der Waals surface area contributed by atoms with Crippen LogP contribution in [-0.4, -0.2) is 116 Å². The predicted octanol–water partition coefficient (Wildman–Crippen LogP) is 6.47. The summed E-state index contributed by atoms with van der Waals surface area (Å²) in [6.45, 7) is -1.59. The molecule has 2 heterocycles. The molecule has 2 aliphatic rings. The highest BCUT2D eigenvalue weighted by atomic mass is 16.7.